The van der Waals surface area contributed by atoms with Crippen molar-refractivity contribution in [3.8, 4) is 5.75 Å². The van der Waals surface area contributed by atoms with E-state index in [1.807, 2.05) is 6.07 Å². The van der Waals surface area contributed by atoms with Crippen LogP contribution in [0.4, 0.5) is 0 Å². The summed E-state index contributed by atoms with van der Waals surface area (Å²) in [4.78, 5) is 0. The van der Waals surface area contributed by atoms with Crippen molar-refractivity contribution in [3.63, 3.8) is 0 Å². The first-order chi connectivity index (χ1) is 7.72. The normalized spacial score (nSPS) is 18.7. The summed E-state index contributed by atoms with van der Waals surface area (Å²) >= 11 is 0. The van der Waals surface area contributed by atoms with Crippen molar-refractivity contribution in [2.75, 3.05) is 7.11 Å². The second-order valence-corrected chi connectivity index (χ2v) is 4.79. The molecule has 2 heteroatoms. The van der Waals surface area contributed by atoms with Crippen LogP contribution >= 0.6 is 0 Å². The summed E-state index contributed by atoms with van der Waals surface area (Å²) in [6.45, 7) is 2.12. The van der Waals surface area contributed by atoms with E-state index in [0.717, 1.165) is 5.75 Å². The molecule has 1 aromatic carbocycles. The van der Waals surface area contributed by atoms with Gasteiger partial charge >= 0.3 is 0 Å². The maximum atomic E-state index is 6.35. The minimum atomic E-state index is 0.202. The molecular weight excluding hydrogens is 198 g/mol. The molecule has 1 aliphatic rings. The van der Waals surface area contributed by atoms with Gasteiger partial charge in [0.15, 0.2) is 0 Å². The lowest BCUT2D eigenvalue weighted by atomic mass is 9.90. The first-order valence-electron chi connectivity index (χ1n) is 6.12. The van der Waals surface area contributed by atoms with Crippen LogP contribution in [-0.2, 0) is 0 Å². The van der Waals surface area contributed by atoms with Gasteiger partial charge in [-0.2, -0.15) is 0 Å². The molecular formula is C14H21NO. The highest BCUT2D eigenvalue weighted by atomic mass is 16.5. The van der Waals surface area contributed by atoms with Gasteiger partial charge in [-0.3, -0.25) is 0 Å². The molecule has 0 heterocycles. The molecule has 2 N–H and O–H groups in total. The second kappa shape index (κ2) is 4.88. The quantitative estimate of drug-likeness (QED) is 0.847. The number of benzene rings is 1. The molecule has 0 bridgehead atoms. The van der Waals surface area contributed by atoms with Gasteiger partial charge in [0, 0.05) is 6.04 Å². The Labute approximate surface area is 97.8 Å². The van der Waals surface area contributed by atoms with Crippen molar-refractivity contribution < 1.29 is 4.74 Å². The third-order valence-electron chi connectivity index (χ3n) is 3.74. The molecule has 1 aliphatic carbocycles. The van der Waals surface area contributed by atoms with Crippen molar-refractivity contribution in [2.45, 2.75) is 38.6 Å². The van der Waals surface area contributed by atoms with Crippen LogP contribution in [0.2, 0.25) is 0 Å². The van der Waals surface area contributed by atoms with E-state index < -0.39 is 0 Å². The average molecular weight is 219 g/mol. The molecule has 0 aliphatic heterocycles. The number of nitrogens with two attached hydrogens (primary N) is 1. The van der Waals surface area contributed by atoms with Crippen molar-refractivity contribution in [1.82, 2.24) is 0 Å². The number of rotatable bonds is 3. The molecule has 0 radical (unpaired) electrons. The van der Waals surface area contributed by atoms with Crippen molar-refractivity contribution >= 4 is 0 Å². The Morgan fingerprint density at radius 1 is 1.31 bits per heavy atom. The Kier molecular flexibility index (Phi) is 3.49. The van der Waals surface area contributed by atoms with Gasteiger partial charge in [-0.1, -0.05) is 18.9 Å². The zero-order valence-electron chi connectivity index (χ0n) is 10.2. The maximum Gasteiger partial charge on any atom is 0.119 e. The van der Waals surface area contributed by atoms with Crippen molar-refractivity contribution in [1.29, 1.82) is 0 Å². The summed E-state index contributed by atoms with van der Waals surface area (Å²) in [5.74, 6) is 1.59. The summed E-state index contributed by atoms with van der Waals surface area (Å²) in [5, 5.41) is 0. The molecule has 0 aromatic heterocycles. The standard InChI is InChI=1S/C14H21NO/c1-10-9-12(16-2)7-8-13(10)14(15)11-5-3-4-6-11/h7-9,11,14H,3-6,15H2,1-2H3. The summed E-state index contributed by atoms with van der Waals surface area (Å²) in [5.41, 5.74) is 8.89. The smallest absolute Gasteiger partial charge is 0.119 e. The Hall–Kier alpha value is -1.02. The van der Waals surface area contributed by atoms with E-state index in [0.29, 0.717) is 5.92 Å². The summed E-state index contributed by atoms with van der Waals surface area (Å²) in [6.07, 6.45) is 5.25. The Bertz CT molecular complexity index is 356. The zero-order valence-corrected chi connectivity index (χ0v) is 10.2. The van der Waals surface area contributed by atoms with Gasteiger partial charge in [0.1, 0.15) is 5.75 Å². The number of methoxy groups -OCH3 is 1. The van der Waals surface area contributed by atoms with E-state index in [2.05, 4.69) is 19.1 Å². The zero-order chi connectivity index (χ0) is 11.5. The molecule has 2 rings (SSSR count). The number of aryl methyl sites for hydroxylation is 1. The number of hydrogen-bond acceptors (Lipinski definition) is 2. The molecule has 1 saturated carbocycles. The summed E-state index contributed by atoms with van der Waals surface area (Å²) < 4.78 is 5.21. The molecule has 1 aromatic rings. The Morgan fingerprint density at radius 2 is 2.00 bits per heavy atom. The lowest BCUT2D eigenvalue weighted by Crippen LogP contribution is -2.20. The topological polar surface area (TPSA) is 35.2 Å². The molecule has 2 nitrogen and oxygen atoms in total. The van der Waals surface area contributed by atoms with Crippen LogP contribution in [0.5, 0.6) is 5.75 Å². The molecule has 88 valence electrons. The van der Waals surface area contributed by atoms with Gasteiger partial charge in [-0.25, -0.2) is 0 Å². The van der Waals surface area contributed by atoms with Gasteiger partial charge < -0.3 is 10.5 Å². The van der Waals surface area contributed by atoms with Crippen molar-refractivity contribution in [3.05, 3.63) is 29.3 Å². The first kappa shape index (κ1) is 11.5. The van der Waals surface area contributed by atoms with Crippen LogP contribution in [0.3, 0.4) is 0 Å². The molecule has 16 heavy (non-hydrogen) atoms. The van der Waals surface area contributed by atoms with E-state index in [9.17, 15) is 0 Å². The predicted molar refractivity (Wildman–Crippen MR) is 66.6 cm³/mol. The molecule has 1 fully saturated rings. The molecule has 0 saturated heterocycles. The maximum absolute atomic E-state index is 6.35. The predicted octanol–water partition coefficient (Wildman–Crippen LogP) is 3.19. The lowest BCUT2D eigenvalue weighted by molar-refractivity contribution is 0.412. The number of ether oxygens (including phenoxy) is 1. The minimum Gasteiger partial charge on any atom is -0.497 e. The average Bonchev–Trinajstić information content (AvgIpc) is 2.81. The highest BCUT2D eigenvalue weighted by molar-refractivity contribution is 5.36. The largest absolute Gasteiger partial charge is 0.497 e. The van der Waals surface area contributed by atoms with Gasteiger partial charge in [0.2, 0.25) is 0 Å². The SMILES string of the molecule is COc1ccc(C(N)C2CCCC2)c(C)c1. The van der Waals surface area contributed by atoms with Crippen LogP contribution in [-0.4, -0.2) is 7.11 Å². The summed E-state index contributed by atoms with van der Waals surface area (Å²) in [7, 11) is 1.70. The summed E-state index contributed by atoms with van der Waals surface area (Å²) in [6, 6.07) is 6.41. The van der Waals surface area contributed by atoms with E-state index in [1.165, 1.54) is 36.8 Å². The number of hydrogen-bond donors (Lipinski definition) is 1. The van der Waals surface area contributed by atoms with Crippen LogP contribution in [0.15, 0.2) is 18.2 Å². The van der Waals surface area contributed by atoms with Gasteiger partial charge in [-0.15, -0.1) is 0 Å². The molecule has 1 atom stereocenters. The van der Waals surface area contributed by atoms with E-state index >= 15 is 0 Å². The second-order valence-electron chi connectivity index (χ2n) is 4.79. The Morgan fingerprint density at radius 3 is 2.56 bits per heavy atom. The van der Waals surface area contributed by atoms with Crippen LogP contribution < -0.4 is 10.5 Å². The molecule has 0 spiro atoms. The van der Waals surface area contributed by atoms with E-state index in [-0.39, 0.29) is 6.04 Å². The van der Waals surface area contributed by atoms with E-state index in [4.69, 9.17) is 10.5 Å². The fourth-order valence-electron chi connectivity index (χ4n) is 2.72. The first-order valence-corrected chi connectivity index (χ1v) is 6.12. The van der Waals surface area contributed by atoms with Gasteiger partial charge in [-0.05, 0) is 48.9 Å². The fraction of sp³-hybridized carbons (Fsp3) is 0.571. The third kappa shape index (κ3) is 2.22. The minimum absolute atomic E-state index is 0.202. The van der Waals surface area contributed by atoms with Crippen molar-refractivity contribution in [2.24, 2.45) is 11.7 Å². The van der Waals surface area contributed by atoms with Crippen LogP contribution in [0.1, 0.15) is 42.9 Å². The highest BCUT2D eigenvalue weighted by Gasteiger charge is 2.24. The lowest BCUT2D eigenvalue weighted by Gasteiger charge is -2.21. The monoisotopic (exact) mass is 219 g/mol. The molecule has 1 unspecified atom stereocenters. The highest BCUT2D eigenvalue weighted by Crippen LogP contribution is 2.35. The van der Waals surface area contributed by atoms with Gasteiger partial charge in [0.25, 0.3) is 0 Å². The van der Waals surface area contributed by atoms with Crippen LogP contribution in [0.25, 0.3) is 0 Å². The van der Waals surface area contributed by atoms with Crippen LogP contribution in [0, 0.1) is 12.8 Å². The van der Waals surface area contributed by atoms with Gasteiger partial charge in [0.05, 0.1) is 7.11 Å². The Balaban J connectivity index is 2.19. The third-order valence-corrected chi connectivity index (χ3v) is 3.74. The molecule has 0 amide bonds. The van der Waals surface area contributed by atoms with E-state index in [1.54, 1.807) is 7.11 Å². The fourth-order valence-corrected chi connectivity index (χ4v) is 2.72.